The molecule has 0 unspecified atom stereocenters. The van der Waals surface area contributed by atoms with Crippen molar-refractivity contribution in [3.63, 3.8) is 0 Å². The minimum Gasteiger partial charge on any atom is -0.405 e. The third-order valence-electron chi connectivity index (χ3n) is 2.54. The van der Waals surface area contributed by atoms with Gasteiger partial charge in [0.1, 0.15) is 5.75 Å². The largest absolute Gasteiger partial charge is 0.573 e. The molecule has 0 radical (unpaired) electrons. The third kappa shape index (κ3) is 4.59. The molecule has 1 aromatic carbocycles. The molecule has 0 aromatic heterocycles. The number of alkyl halides is 3. The van der Waals surface area contributed by atoms with E-state index in [1.54, 1.807) is 19.9 Å². The maximum atomic E-state index is 12.2. The molecule has 1 aromatic rings. The number of nitrogens with one attached hydrogen (secondary N) is 2. The number of benzene rings is 1. The Balaban J connectivity index is 0.000000829. The van der Waals surface area contributed by atoms with Gasteiger partial charge in [0.15, 0.2) is 0 Å². The first kappa shape index (κ1) is 18.6. The van der Waals surface area contributed by atoms with Gasteiger partial charge in [-0.05, 0) is 36.6 Å². The quantitative estimate of drug-likeness (QED) is 0.788. The number of ether oxygens (including phenoxy) is 1. The number of hydrogen-bond donors (Lipinski definition) is 2. The van der Waals surface area contributed by atoms with Gasteiger partial charge in [0, 0.05) is 6.54 Å². The summed E-state index contributed by atoms with van der Waals surface area (Å²) < 4.78 is 40.6. The van der Waals surface area contributed by atoms with Gasteiger partial charge in [0.05, 0.1) is 5.69 Å². The average molecular weight is 292 g/mol. The van der Waals surface area contributed by atoms with Gasteiger partial charge >= 0.3 is 6.36 Å². The number of halogens is 3. The second-order valence-corrected chi connectivity index (χ2v) is 3.70. The van der Waals surface area contributed by atoms with Gasteiger partial charge in [-0.2, -0.15) is 0 Å². The molecule has 2 N–H and O–H groups in total. The number of aryl methyl sites for hydroxylation is 1. The van der Waals surface area contributed by atoms with Crippen molar-refractivity contribution in [1.82, 2.24) is 5.43 Å². The summed E-state index contributed by atoms with van der Waals surface area (Å²) in [6.45, 7) is 11.7. The highest BCUT2D eigenvalue weighted by molar-refractivity contribution is 5.63. The van der Waals surface area contributed by atoms with Crippen molar-refractivity contribution in [3.8, 4) is 5.75 Å². The lowest BCUT2D eigenvalue weighted by molar-refractivity contribution is -0.275. The molecule has 0 amide bonds. The first-order valence-electron chi connectivity index (χ1n) is 6.76. The Labute approximate surface area is 118 Å². The molecule has 1 aliphatic heterocycles. The van der Waals surface area contributed by atoms with Crippen LogP contribution in [0.25, 0.3) is 0 Å². The molecule has 0 fully saturated rings. The van der Waals surface area contributed by atoms with Crippen molar-refractivity contribution in [2.75, 3.05) is 5.43 Å². The van der Waals surface area contributed by atoms with Gasteiger partial charge in [0.25, 0.3) is 0 Å². The second kappa shape index (κ2) is 7.99. The van der Waals surface area contributed by atoms with E-state index < -0.39 is 6.36 Å². The van der Waals surface area contributed by atoms with Crippen LogP contribution in [0.3, 0.4) is 0 Å². The Morgan fingerprint density at radius 2 is 1.65 bits per heavy atom. The highest BCUT2D eigenvalue weighted by atomic mass is 19.4. The maximum absolute atomic E-state index is 12.2. The summed E-state index contributed by atoms with van der Waals surface area (Å²) >= 11 is 0. The van der Waals surface area contributed by atoms with Gasteiger partial charge in [0.2, 0.25) is 0 Å². The lowest BCUT2D eigenvalue weighted by Crippen LogP contribution is -2.18. The van der Waals surface area contributed by atoms with Crippen molar-refractivity contribution in [2.24, 2.45) is 0 Å². The van der Waals surface area contributed by atoms with Crippen molar-refractivity contribution in [2.45, 2.75) is 54.4 Å². The monoisotopic (exact) mass is 292 g/mol. The molecule has 0 spiro atoms. The molecule has 1 aliphatic rings. The van der Waals surface area contributed by atoms with Crippen molar-refractivity contribution in [3.05, 3.63) is 22.8 Å². The fourth-order valence-electron chi connectivity index (χ4n) is 1.84. The van der Waals surface area contributed by atoms with Crippen LogP contribution in [0.1, 0.15) is 44.4 Å². The standard InChI is InChI=1S/C10H11F3N2O.2C2H6/c1-5-3-8-7(4-14-15-8)6(2)9(5)16-10(11,12)13;2*1-2/h3,14-15H,4H2,1-2H3;2*1-2H3. The molecule has 6 heteroatoms. The summed E-state index contributed by atoms with van der Waals surface area (Å²) in [5, 5.41) is 0. The SMILES string of the molecule is CC.CC.Cc1cc2c(c(C)c1OC(F)(F)F)CNN2. The van der Waals surface area contributed by atoms with Gasteiger partial charge in [-0.15, -0.1) is 13.2 Å². The van der Waals surface area contributed by atoms with Gasteiger partial charge in [-0.25, -0.2) is 5.43 Å². The second-order valence-electron chi connectivity index (χ2n) is 3.70. The zero-order valence-electron chi connectivity index (χ0n) is 12.8. The van der Waals surface area contributed by atoms with Crippen LogP contribution in [0.5, 0.6) is 5.75 Å². The Kier molecular flexibility index (Phi) is 7.42. The Hall–Kier alpha value is -1.43. The molecule has 0 bridgehead atoms. The third-order valence-corrected chi connectivity index (χ3v) is 2.54. The predicted molar refractivity (Wildman–Crippen MR) is 75.8 cm³/mol. The van der Waals surface area contributed by atoms with Crippen molar-refractivity contribution < 1.29 is 17.9 Å². The first-order chi connectivity index (χ1) is 9.38. The Bertz CT molecular complexity index is 431. The van der Waals surface area contributed by atoms with Crippen LogP contribution in [-0.4, -0.2) is 6.36 Å². The number of rotatable bonds is 1. The fourth-order valence-corrected chi connectivity index (χ4v) is 1.84. The molecule has 0 saturated carbocycles. The average Bonchev–Trinajstić information content (AvgIpc) is 2.86. The molecule has 0 aliphatic carbocycles. The summed E-state index contributed by atoms with van der Waals surface area (Å²) in [7, 11) is 0. The summed E-state index contributed by atoms with van der Waals surface area (Å²) in [5.74, 6) is -0.100. The molecular weight excluding hydrogens is 269 g/mol. The normalized spacial score (nSPS) is 12.2. The summed E-state index contributed by atoms with van der Waals surface area (Å²) in [6.07, 6.45) is -4.65. The molecule has 2 rings (SSSR count). The summed E-state index contributed by atoms with van der Waals surface area (Å²) in [6, 6.07) is 1.64. The highest BCUT2D eigenvalue weighted by Gasteiger charge is 2.33. The van der Waals surface area contributed by atoms with E-state index in [9.17, 15) is 13.2 Å². The molecule has 1 heterocycles. The number of fused-ring (bicyclic) bond motifs is 1. The number of hydrogen-bond acceptors (Lipinski definition) is 3. The molecule has 3 nitrogen and oxygen atoms in total. The fraction of sp³-hybridized carbons (Fsp3) is 0.571. The maximum Gasteiger partial charge on any atom is 0.573 e. The smallest absolute Gasteiger partial charge is 0.405 e. The molecule has 116 valence electrons. The minimum absolute atomic E-state index is 0.100. The lowest BCUT2D eigenvalue weighted by Gasteiger charge is -2.16. The number of hydrazine groups is 1. The minimum atomic E-state index is -4.65. The van der Waals surface area contributed by atoms with E-state index in [2.05, 4.69) is 15.6 Å². The molecule has 0 atom stereocenters. The van der Waals surface area contributed by atoms with E-state index in [1.807, 2.05) is 27.7 Å². The molecule has 0 saturated heterocycles. The van der Waals surface area contributed by atoms with Crippen LogP contribution in [0.15, 0.2) is 6.07 Å². The van der Waals surface area contributed by atoms with Gasteiger partial charge in [-0.3, -0.25) is 0 Å². The Morgan fingerprint density at radius 1 is 1.10 bits per heavy atom. The predicted octanol–water partition coefficient (Wildman–Crippen LogP) is 4.68. The van der Waals surface area contributed by atoms with E-state index >= 15 is 0 Å². The van der Waals surface area contributed by atoms with Crippen molar-refractivity contribution >= 4 is 5.69 Å². The highest BCUT2D eigenvalue weighted by Crippen LogP contribution is 2.36. The van der Waals surface area contributed by atoms with E-state index in [0.29, 0.717) is 17.7 Å². The van der Waals surface area contributed by atoms with Crippen LogP contribution >= 0.6 is 0 Å². The van der Waals surface area contributed by atoms with E-state index in [1.165, 1.54) is 0 Å². The zero-order chi connectivity index (χ0) is 15.9. The summed E-state index contributed by atoms with van der Waals surface area (Å²) in [5.41, 5.74) is 8.34. The van der Waals surface area contributed by atoms with Crippen LogP contribution in [0, 0.1) is 13.8 Å². The van der Waals surface area contributed by atoms with Crippen LogP contribution in [0.2, 0.25) is 0 Å². The molecular formula is C14H23F3N2O. The topological polar surface area (TPSA) is 33.3 Å². The first-order valence-corrected chi connectivity index (χ1v) is 6.76. The molecule has 20 heavy (non-hydrogen) atoms. The van der Waals surface area contributed by atoms with Crippen LogP contribution in [0.4, 0.5) is 18.9 Å². The van der Waals surface area contributed by atoms with Gasteiger partial charge < -0.3 is 10.2 Å². The van der Waals surface area contributed by atoms with Gasteiger partial charge in [-0.1, -0.05) is 27.7 Å². The van der Waals surface area contributed by atoms with Crippen molar-refractivity contribution in [1.29, 1.82) is 0 Å². The van der Waals surface area contributed by atoms with E-state index in [0.717, 1.165) is 11.3 Å². The lowest BCUT2D eigenvalue weighted by atomic mass is 10.0. The van der Waals surface area contributed by atoms with E-state index in [-0.39, 0.29) is 5.75 Å². The zero-order valence-corrected chi connectivity index (χ0v) is 12.8. The van der Waals surface area contributed by atoms with E-state index in [4.69, 9.17) is 0 Å². The van der Waals surface area contributed by atoms with Crippen LogP contribution in [-0.2, 0) is 6.54 Å². The summed E-state index contributed by atoms with van der Waals surface area (Å²) in [4.78, 5) is 0. The number of anilines is 1. The van der Waals surface area contributed by atoms with Crippen LogP contribution < -0.4 is 15.6 Å². The Morgan fingerprint density at radius 3 is 2.15 bits per heavy atom.